The van der Waals surface area contributed by atoms with E-state index in [2.05, 4.69) is 5.32 Å². The number of amides is 2. The minimum atomic E-state index is -0.487. The van der Waals surface area contributed by atoms with Crippen molar-refractivity contribution in [2.24, 2.45) is 0 Å². The second kappa shape index (κ2) is 9.52. The Morgan fingerprint density at radius 2 is 1.70 bits per heavy atom. The van der Waals surface area contributed by atoms with Gasteiger partial charge in [-0.1, -0.05) is 30.3 Å². The molecule has 0 saturated carbocycles. The molecule has 0 aliphatic rings. The highest BCUT2D eigenvalue weighted by atomic mass is 16.5. The summed E-state index contributed by atoms with van der Waals surface area (Å²) >= 11 is 0. The van der Waals surface area contributed by atoms with E-state index in [1.807, 2.05) is 31.2 Å². The van der Waals surface area contributed by atoms with Crippen LogP contribution in [0, 0.1) is 6.92 Å². The summed E-state index contributed by atoms with van der Waals surface area (Å²) in [6.07, 6.45) is 0.102. The van der Waals surface area contributed by atoms with E-state index in [1.165, 1.54) is 6.92 Å². The molecule has 0 spiro atoms. The van der Waals surface area contributed by atoms with Gasteiger partial charge >= 0.3 is 5.97 Å². The van der Waals surface area contributed by atoms with Crippen molar-refractivity contribution in [2.75, 3.05) is 23.4 Å². The van der Waals surface area contributed by atoms with Crippen LogP contribution in [-0.4, -0.2) is 30.9 Å². The summed E-state index contributed by atoms with van der Waals surface area (Å²) in [6, 6.07) is 14.2. The smallest absolute Gasteiger partial charge is 0.340 e. The summed E-state index contributed by atoms with van der Waals surface area (Å²) in [4.78, 5) is 38.0. The first-order valence-electron chi connectivity index (χ1n) is 8.83. The first-order valence-corrected chi connectivity index (χ1v) is 8.83. The molecule has 0 aliphatic carbocycles. The number of nitrogens with zero attached hydrogens (tertiary/aromatic N) is 1. The second-order valence-electron chi connectivity index (χ2n) is 6.02. The maximum Gasteiger partial charge on any atom is 0.340 e. The molecule has 6 heteroatoms. The van der Waals surface area contributed by atoms with Crippen LogP contribution >= 0.6 is 0 Å². The number of hydrogen-bond donors (Lipinski definition) is 1. The lowest BCUT2D eigenvalue weighted by molar-refractivity contribution is -0.117. The van der Waals surface area contributed by atoms with Crippen molar-refractivity contribution >= 4 is 29.2 Å². The first-order chi connectivity index (χ1) is 12.9. The van der Waals surface area contributed by atoms with E-state index in [0.717, 1.165) is 11.3 Å². The van der Waals surface area contributed by atoms with Gasteiger partial charge in [0.15, 0.2) is 0 Å². The van der Waals surface area contributed by atoms with Crippen LogP contribution in [0.25, 0.3) is 0 Å². The number of rotatable bonds is 7. The van der Waals surface area contributed by atoms with E-state index in [4.69, 9.17) is 4.74 Å². The van der Waals surface area contributed by atoms with Crippen LogP contribution in [-0.2, 0) is 14.3 Å². The number of hydrogen-bond acceptors (Lipinski definition) is 4. The number of carbonyl (C=O) groups is 3. The summed E-state index contributed by atoms with van der Waals surface area (Å²) in [7, 11) is 0. The van der Waals surface area contributed by atoms with Gasteiger partial charge in [-0.15, -0.1) is 0 Å². The van der Waals surface area contributed by atoms with Gasteiger partial charge in [-0.05, 0) is 37.6 Å². The van der Waals surface area contributed by atoms with Gasteiger partial charge in [-0.25, -0.2) is 4.79 Å². The normalized spacial score (nSPS) is 10.2. The molecule has 6 nitrogen and oxygen atoms in total. The minimum absolute atomic E-state index is 0.102. The molecular weight excluding hydrogens is 344 g/mol. The van der Waals surface area contributed by atoms with Crippen molar-refractivity contribution in [1.29, 1.82) is 0 Å². The maximum absolute atomic E-state index is 12.4. The average Bonchev–Trinajstić information content (AvgIpc) is 2.63. The zero-order valence-corrected chi connectivity index (χ0v) is 15.8. The number of benzene rings is 2. The van der Waals surface area contributed by atoms with E-state index in [1.54, 1.807) is 36.1 Å². The van der Waals surface area contributed by atoms with Crippen molar-refractivity contribution in [3.8, 4) is 0 Å². The predicted octanol–water partition coefficient (Wildman–Crippen LogP) is 3.55. The van der Waals surface area contributed by atoms with Gasteiger partial charge in [0.1, 0.15) is 0 Å². The molecule has 2 aromatic carbocycles. The quantitative estimate of drug-likeness (QED) is 0.758. The van der Waals surface area contributed by atoms with Crippen LogP contribution in [0.2, 0.25) is 0 Å². The molecule has 0 unspecified atom stereocenters. The topological polar surface area (TPSA) is 75.7 Å². The standard InChI is InChI=1S/C21H24N2O4/c1-4-27-21(26)17-10-6-7-11-18(17)22-20(25)13-14-23(16(3)24)19-12-8-5-9-15(19)2/h5-12H,4,13-14H2,1-3H3,(H,22,25). The molecule has 0 aliphatic heterocycles. The summed E-state index contributed by atoms with van der Waals surface area (Å²) in [6.45, 7) is 5.61. The Morgan fingerprint density at radius 3 is 2.37 bits per heavy atom. The third-order valence-corrected chi connectivity index (χ3v) is 4.05. The number of aryl methyl sites for hydroxylation is 1. The zero-order valence-electron chi connectivity index (χ0n) is 15.8. The molecule has 0 heterocycles. The Hall–Kier alpha value is -3.15. The number of carbonyl (C=O) groups excluding carboxylic acids is 3. The van der Waals surface area contributed by atoms with E-state index in [-0.39, 0.29) is 31.4 Å². The van der Waals surface area contributed by atoms with E-state index in [0.29, 0.717) is 11.3 Å². The van der Waals surface area contributed by atoms with Crippen molar-refractivity contribution in [2.45, 2.75) is 27.2 Å². The highest BCUT2D eigenvalue weighted by molar-refractivity contribution is 6.01. The number of para-hydroxylation sites is 2. The summed E-state index contributed by atoms with van der Waals surface area (Å²) in [5, 5.41) is 2.73. The molecule has 2 amide bonds. The average molecular weight is 368 g/mol. The largest absolute Gasteiger partial charge is 0.462 e. The van der Waals surface area contributed by atoms with Crippen molar-refractivity contribution in [3.05, 3.63) is 59.7 Å². The fraction of sp³-hybridized carbons (Fsp3) is 0.286. The van der Waals surface area contributed by atoms with E-state index in [9.17, 15) is 14.4 Å². The highest BCUT2D eigenvalue weighted by Gasteiger charge is 2.17. The summed E-state index contributed by atoms with van der Waals surface area (Å²) in [5.74, 6) is -0.908. The lowest BCUT2D eigenvalue weighted by Gasteiger charge is -2.23. The molecule has 0 atom stereocenters. The fourth-order valence-electron chi connectivity index (χ4n) is 2.72. The molecule has 2 aromatic rings. The SMILES string of the molecule is CCOC(=O)c1ccccc1NC(=O)CCN(C(C)=O)c1ccccc1C. The van der Waals surface area contributed by atoms with Gasteiger partial charge in [0.2, 0.25) is 11.8 Å². The molecule has 0 radical (unpaired) electrons. The number of ether oxygens (including phenoxy) is 1. The van der Waals surface area contributed by atoms with Crippen LogP contribution < -0.4 is 10.2 Å². The van der Waals surface area contributed by atoms with Crippen LogP contribution in [0.5, 0.6) is 0 Å². The van der Waals surface area contributed by atoms with Gasteiger partial charge in [-0.3, -0.25) is 9.59 Å². The maximum atomic E-state index is 12.4. The Balaban J connectivity index is 2.07. The Labute approximate surface area is 159 Å². The van der Waals surface area contributed by atoms with Crippen molar-refractivity contribution in [3.63, 3.8) is 0 Å². The number of esters is 1. The molecule has 0 aromatic heterocycles. The number of nitrogens with one attached hydrogen (secondary N) is 1. The molecule has 142 valence electrons. The van der Waals surface area contributed by atoms with Gasteiger partial charge in [0, 0.05) is 25.6 Å². The Bertz CT molecular complexity index is 832. The zero-order chi connectivity index (χ0) is 19.8. The van der Waals surface area contributed by atoms with Crippen LogP contribution in [0.4, 0.5) is 11.4 Å². The monoisotopic (exact) mass is 368 g/mol. The van der Waals surface area contributed by atoms with Gasteiger partial charge in [-0.2, -0.15) is 0 Å². The van der Waals surface area contributed by atoms with Gasteiger partial charge in [0.25, 0.3) is 0 Å². The van der Waals surface area contributed by atoms with Crippen LogP contribution in [0.3, 0.4) is 0 Å². The third-order valence-electron chi connectivity index (χ3n) is 4.05. The van der Waals surface area contributed by atoms with Crippen LogP contribution in [0.15, 0.2) is 48.5 Å². The molecule has 2 rings (SSSR count). The Morgan fingerprint density at radius 1 is 1.04 bits per heavy atom. The summed E-state index contributed by atoms with van der Waals surface area (Å²) in [5.41, 5.74) is 2.44. The summed E-state index contributed by atoms with van der Waals surface area (Å²) < 4.78 is 5.01. The Kier molecular flexibility index (Phi) is 7.11. The second-order valence-corrected chi connectivity index (χ2v) is 6.02. The molecular formula is C21H24N2O4. The van der Waals surface area contributed by atoms with Crippen LogP contribution in [0.1, 0.15) is 36.2 Å². The lowest BCUT2D eigenvalue weighted by atomic mass is 10.1. The molecule has 0 bridgehead atoms. The third kappa shape index (κ3) is 5.41. The molecule has 1 N–H and O–H groups in total. The van der Waals surface area contributed by atoms with Gasteiger partial charge < -0.3 is 15.0 Å². The predicted molar refractivity (Wildman–Crippen MR) is 105 cm³/mol. The van der Waals surface area contributed by atoms with Crippen molar-refractivity contribution in [1.82, 2.24) is 0 Å². The first kappa shape index (κ1) is 20.2. The van der Waals surface area contributed by atoms with Gasteiger partial charge in [0.05, 0.1) is 17.9 Å². The van der Waals surface area contributed by atoms with E-state index >= 15 is 0 Å². The highest BCUT2D eigenvalue weighted by Crippen LogP contribution is 2.20. The minimum Gasteiger partial charge on any atom is -0.462 e. The molecule has 0 saturated heterocycles. The molecule has 27 heavy (non-hydrogen) atoms. The lowest BCUT2D eigenvalue weighted by Crippen LogP contribution is -2.32. The van der Waals surface area contributed by atoms with E-state index < -0.39 is 5.97 Å². The number of anilines is 2. The van der Waals surface area contributed by atoms with Crippen molar-refractivity contribution < 1.29 is 19.1 Å². The fourth-order valence-corrected chi connectivity index (χ4v) is 2.72. The molecule has 0 fully saturated rings.